The first kappa shape index (κ1) is 13.3. The Balaban J connectivity index is 1.65. The van der Waals surface area contributed by atoms with E-state index < -0.39 is 0 Å². The van der Waals surface area contributed by atoms with E-state index in [1.165, 1.54) is 0 Å². The van der Waals surface area contributed by atoms with Gasteiger partial charge in [-0.2, -0.15) is 0 Å². The number of rotatable bonds is 6. The van der Waals surface area contributed by atoms with Crippen molar-refractivity contribution in [1.82, 2.24) is 5.32 Å². The molecule has 4 heteroatoms. The number of methoxy groups -OCH3 is 1. The van der Waals surface area contributed by atoms with E-state index in [0.717, 1.165) is 45.6 Å². The van der Waals surface area contributed by atoms with Crippen LogP contribution >= 0.6 is 0 Å². The molecule has 3 atom stereocenters. The summed E-state index contributed by atoms with van der Waals surface area (Å²) >= 11 is 0. The molecule has 1 aliphatic carbocycles. The molecule has 2 rings (SSSR count). The van der Waals surface area contributed by atoms with E-state index in [2.05, 4.69) is 12.2 Å². The predicted molar refractivity (Wildman–Crippen MR) is 66.2 cm³/mol. The number of hydrogen-bond donors (Lipinski definition) is 1. The smallest absolute Gasteiger partial charge is 0.0986 e. The van der Waals surface area contributed by atoms with Gasteiger partial charge in [-0.25, -0.2) is 0 Å². The van der Waals surface area contributed by atoms with Crippen LogP contribution in [0.2, 0.25) is 0 Å². The zero-order valence-electron chi connectivity index (χ0n) is 11.0. The van der Waals surface area contributed by atoms with Crippen molar-refractivity contribution in [2.24, 2.45) is 5.92 Å². The Kier molecular flexibility index (Phi) is 5.22. The highest BCUT2D eigenvalue weighted by atomic mass is 16.5. The number of nitrogens with one attached hydrogen (secondary N) is 1. The zero-order chi connectivity index (χ0) is 12.1. The van der Waals surface area contributed by atoms with E-state index in [1.807, 2.05) is 0 Å². The molecule has 0 aromatic rings. The molecule has 2 aliphatic rings. The molecule has 0 radical (unpaired) electrons. The van der Waals surface area contributed by atoms with Crippen molar-refractivity contribution in [3.8, 4) is 0 Å². The fraction of sp³-hybridized carbons (Fsp3) is 1.00. The number of ether oxygens (including phenoxy) is 3. The van der Waals surface area contributed by atoms with Crippen LogP contribution in [0, 0.1) is 5.92 Å². The summed E-state index contributed by atoms with van der Waals surface area (Å²) in [5.41, 5.74) is 0. The van der Waals surface area contributed by atoms with Crippen molar-refractivity contribution in [2.75, 3.05) is 33.5 Å². The highest BCUT2D eigenvalue weighted by Crippen LogP contribution is 2.28. The summed E-state index contributed by atoms with van der Waals surface area (Å²) in [7, 11) is 1.78. The SMILES string of the molecule is CCNC1CC(OCC2CCOCC2)C1OC. The molecule has 0 aromatic carbocycles. The molecule has 0 spiro atoms. The Hall–Kier alpha value is -0.160. The highest BCUT2D eigenvalue weighted by molar-refractivity contribution is 4.97. The summed E-state index contributed by atoms with van der Waals surface area (Å²) in [6.45, 7) is 5.78. The van der Waals surface area contributed by atoms with Gasteiger partial charge in [0.15, 0.2) is 0 Å². The van der Waals surface area contributed by atoms with Gasteiger partial charge in [0.25, 0.3) is 0 Å². The maximum absolute atomic E-state index is 5.98. The van der Waals surface area contributed by atoms with Crippen LogP contribution in [-0.2, 0) is 14.2 Å². The average Bonchev–Trinajstić information content (AvgIpc) is 2.34. The second-order valence-corrected chi connectivity index (χ2v) is 5.03. The normalized spacial score (nSPS) is 34.6. The van der Waals surface area contributed by atoms with Crippen LogP contribution in [0.4, 0.5) is 0 Å². The third kappa shape index (κ3) is 3.41. The summed E-state index contributed by atoms with van der Waals surface area (Å²) in [4.78, 5) is 0. The first-order valence-electron chi connectivity index (χ1n) is 6.80. The molecule has 0 aromatic heterocycles. The van der Waals surface area contributed by atoms with Crippen LogP contribution in [0.15, 0.2) is 0 Å². The van der Waals surface area contributed by atoms with Crippen LogP contribution in [-0.4, -0.2) is 51.7 Å². The summed E-state index contributed by atoms with van der Waals surface area (Å²) in [5, 5.41) is 3.43. The molecule has 0 bridgehead atoms. The van der Waals surface area contributed by atoms with Crippen molar-refractivity contribution in [3.05, 3.63) is 0 Å². The van der Waals surface area contributed by atoms with Gasteiger partial charge in [0.05, 0.1) is 18.8 Å². The minimum Gasteiger partial charge on any atom is -0.381 e. The third-order valence-corrected chi connectivity index (χ3v) is 3.87. The van der Waals surface area contributed by atoms with Crippen LogP contribution in [0.25, 0.3) is 0 Å². The molecule has 1 aliphatic heterocycles. The lowest BCUT2D eigenvalue weighted by Gasteiger charge is -2.44. The standard InChI is InChI=1S/C13H25NO3/c1-3-14-11-8-12(13(11)15-2)17-9-10-4-6-16-7-5-10/h10-14H,3-9H2,1-2H3. The molecule has 1 heterocycles. The third-order valence-electron chi connectivity index (χ3n) is 3.87. The second-order valence-electron chi connectivity index (χ2n) is 5.03. The van der Waals surface area contributed by atoms with Crippen molar-refractivity contribution < 1.29 is 14.2 Å². The molecule has 3 unspecified atom stereocenters. The Bertz CT molecular complexity index is 219. The molecule has 1 N–H and O–H groups in total. The van der Waals surface area contributed by atoms with E-state index in [4.69, 9.17) is 14.2 Å². The zero-order valence-corrected chi connectivity index (χ0v) is 11.0. The van der Waals surface area contributed by atoms with Gasteiger partial charge in [0, 0.05) is 26.4 Å². The highest BCUT2D eigenvalue weighted by Gasteiger charge is 2.41. The maximum atomic E-state index is 5.98. The number of likely N-dealkylation sites (N-methyl/N-ethyl adjacent to an activating group) is 1. The van der Waals surface area contributed by atoms with Crippen molar-refractivity contribution in [2.45, 2.75) is 44.4 Å². The summed E-state index contributed by atoms with van der Waals surface area (Å²) in [6, 6.07) is 0.477. The van der Waals surface area contributed by atoms with Gasteiger partial charge >= 0.3 is 0 Å². The van der Waals surface area contributed by atoms with Crippen LogP contribution in [0.5, 0.6) is 0 Å². The van der Waals surface area contributed by atoms with Gasteiger partial charge in [-0.3, -0.25) is 0 Å². The Morgan fingerprint density at radius 3 is 2.71 bits per heavy atom. The van der Waals surface area contributed by atoms with Crippen molar-refractivity contribution >= 4 is 0 Å². The lowest BCUT2D eigenvalue weighted by molar-refractivity contribution is -0.143. The first-order valence-corrected chi connectivity index (χ1v) is 6.80. The fourth-order valence-corrected chi connectivity index (χ4v) is 2.70. The van der Waals surface area contributed by atoms with E-state index >= 15 is 0 Å². The maximum Gasteiger partial charge on any atom is 0.0986 e. The average molecular weight is 243 g/mol. The lowest BCUT2D eigenvalue weighted by Crippen LogP contribution is -2.60. The van der Waals surface area contributed by atoms with E-state index in [1.54, 1.807) is 7.11 Å². The van der Waals surface area contributed by atoms with Crippen molar-refractivity contribution in [1.29, 1.82) is 0 Å². The van der Waals surface area contributed by atoms with Gasteiger partial charge in [-0.15, -0.1) is 0 Å². The fourth-order valence-electron chi connectivity index (χ4n) is 2.70. The van der Waals surface area contributed by atoms with Gasteiger partial charge in [0.1, 0.15) is 0 Å². The van der Waals surface area contributed by atoms with E-state index in [0.29, 0.717) is 12.0 Å². The molecule has 1 saturated heterocycles. The Morgan fingerprint density at radius 2 is 2.06 bits per heavy atom. The second kappa shape index (κ2) is 6.69. The molecule has 17 heavy (non-hydrogen) atoms. The van der Waals surface area contributed by atoms with Crippen molar-refractivity contribution in [3.63, 3.8) is 0 Å². The molecular formula is C13H25NO3. The molecule has 4 nitrogen and oxygen atoms in total. The topological polar surface area (TPSA) is 39.7 Å². The van der Waals surface area contributed by atoms with Gasteiger partial charge in [0.2, 0.25) is 0 Å². The quantitative estimate of drug-likeness (QED) is 0.761. The van der Waals surface area contributed by atoms with Crippen LogP contribution in [0.3, 0.4) is 0 Å². The lowest BCUT2D eigenvalue weighted by atomic mass is 9.85. The van der Waals surface area contributed by atoms with Gasteiger partial charge in [-0.05, 0) is 31.7 Å². The van der Waals surface area contributed by atoms with Crippen LogP contribution < -0.4 is 5.32 Å². The van der Waals surface area contributed by atoms with Gasteiger partial charge in [-0.1, -0.05) is 6.92 Å². The number of hydrogen-bond acceptors (Lipinski definition) is 4. The predicted octanol–water partition coefficient (Wildman–Crippen LogP) is 1.19. The largest absolute Gasteiger partial charge is 0.381 e. The Morgan fingerprint density at radius 1 is 1.29 bits per heavy atom. The summed E-state index contributed by atoms with van der Waals surface area (Å²) < 4.78 is 16.8. The molecule has 1 saturated carbocycles. The molecule has 100 valence electrons. The van der Waals surface area contributed by atoms with Crippen LogP contribution in [0.1, 0.15) is 26.2 Å². The van der Waals surface area contributed by atoms with E-state index in [-0.39, 0.29) is 12.2 Å². The molecule has 0 amide bonds. The minimum atomic E-state index is 0.231. The Labute approximate surface area is 104 Å². The van der Waals surface area contributed by atoms with Gasteiger partial charge < -0.3 is 19.5 Å². The van der Waals surface area contributed by atoms with E-state index in [9.17, 15) is 0 Å². The summed E-state index contributed by atoms with van der Waals surface area (Å²) in [5.74, 6) is 0.680. The monoisotopic (exact) mass is 243 g/mol. The first-order chi connectivity index (χ1) is 8.35. The summed E-state index contributed by atoms with van der Waals surface area (Å²) in [6.07, 6.45) is 3.87. The minimum absolute atomic E-state index is 0.231. The molecular weight excluding hydrogens is 218 g/mol. The molecule has 2 fully saturated rings.